The van der Waals surface area contributed by atoms with Crippen LogP contribution in [0.1, 0.15) is 17.9 Å². The number of ether oxygens (including phenoxy) is 4. The number of aliphatic hydroxyl groups excluding tert-OH is 1. The summed E-state index contributed by atoms with van der Waals surface area (Å²) in [5, 5.41) is 13.5. The second-order valence-corrected chi connectivity index (χ2v) is 11.3. The highest BCUT2D eigenvalue weighted by atomic mass is 32.2. The predicted octanol–water partition coefficient (Wildman–Crippen LogP) is 2.03. The van der Waals surface area contributed by atoms with Gasteiger partial charge in [-0.2, -0.15) is 15.6 Å². The lowest BCUT2D eigenvalue weighted by Crippen LogP contribution is -2.43. The number of aliphatic hydroxyl groups is 1. The SMILES string of the molecule is COc1ccc(S(=O)(=O)N(CCO)CCO[C@H]2C[C@@H](c3ccsc3)C=C(C(=O)N3CCOCC3)O2)cc1. The molecule has 1 N–H and O–H groups in total. The van der Waals surface area contributed by atoms with E-state index in [1.54, 1.807) is 28.4 Å². The molecule has 3 heterocycles. The predicted molar refractivity (Wildman–Crippen MR) is 137 cm³/mol. The van der Waals surface area contributed by atoms with E-state index in [4.69, 9.17) is 18.9 Å². The zero-order chi connectivity index (χ0) is 26.3. The standard InChI is InChI=1S/C25H32N2O8S2/c1-32-21-2-4-22(5-3-21)37(30,31)27(7-11-28)10-14-34-24-17-20(19-6-15-36-18-19)16-23(35-24)25(29)26-8-12-33-13-9-26/h2-6,15-16,18,20,24,28H,7-14,17H2,1H3/t20-,24+/m0/s1. The molecule has 2 aliphatic heterocycles. The van der Waals surface area contributed by atoms with Crippen molar-refractivity contribution in [1.29, 1.82) is 0 Å². The van der Waals surface area contributed by atoms with Crippen LogP contribution in [0.5, 0.6) is 5.75 Å². The third-order valence-electron chi connectivity index (χ3n) is 6.23. The van der Waals surface area contributed by atoms with Gasteiger partial charge < -0.3 is 29.0 Å². The Hall–Kier alpha value is -2.48. The zero-order valence-electron chi connectivity index (χ0n) is 20.7. The summed E-state index contributed by atoms with van der Waals surface area (Å²) >= 11 is 1.57. The van der Waals surface area contributed by atoms with Gasteiger partial charge in [0.2, 0.25) is 16.3 Å². The van der Waals surface area contributed by atoms with Crippen molar-refractivity contribution in [1.82, 2.24) is 9.21 Å². The van der Waals surface area contributed by atoms with E-state index in [9.17, 15) is 18.3 Å². The molecule has 12 heteroatoms. The van der Waals surface area contributed by atoms with E-state index < -0.39 is 16.3 Å². The van der Waals surface area contributed by atoms with Gasteiger partial charge in [-0.1, -0.05) is 0 Å². The van der Waals surface area contributed by atoms with E-state index in [1.807, 2.05) is 22.9 Å². The van der Waals surface area contributed by atoms with Gasteiger partial charge in [-0.15, -0.1) is 0 Å². The zero-order valence-corrected chi connectivity index (χ0v) is 22.3. The summed E-state index contributed by atoms with van der Waals surface area (Å²) in [5.41, 5.74) is 1.07. The van der Waals surface area contributed by atoms with Gasteiger partial charge in [-0.25, -0.2) is 8.42 Å². The first kappa shape index (κ1) is 27.6. The largest absolute Gasteiger partial charge is 0.497 e. The minimum Gasteiger partial charge on any atom is -0.497 e. The van der Waals surface area contributed by atoms with Crippen LogP contribution >= 0.6 is 11.3 Å². The molecule has 0 radical (unpaired) electrons. The van der Waals surface area contributed by atoms with Crippen LogP contribution in [0.3, 0.4) is 0 Å². The van der Waals surface area contributed by atoms with Crippen LogP contribution in [0.25, 0.3) is 0 Å². The molecule has 37 heavy (non-hydrogen) atoms. The first-order chi connectivity index (χ1) is 17.9. The Morgan fingerprint density at radius 3 is 2.59 bits per heavy atom. The topological polar surface area (TPSA) is 115 Å². The van der Waals surface area contributed by atoms with Gasteiger partial charge in [0.15, 0.2) is 5.76 Å². The summed E-state index contributed by atoms with van der Waals surface area (Å²) in [7, 11) is -2.36. The Morgan fingerprint density at radius 2 is 1.95 bits per heavy atom. The smallest absolute Gasteiger partial charge is 0.288 e. The lowest BCUT2D eigenvalue weighted by atomic mass is 9.95. The number of allylic oxidation sites excluding steroid dienone is 1. The highest BCUT2D eigenvalue weighted by molar-refractivity contribution is 7.89. The minimum absolute atomic E-state index is 0.00829. The van der Waals surface area contributed by atoms with E-state index in [1.165, 1.54) is 23.5 Å². The molecule has 1 amide bonds. The van der Waals surface area contributed by atoms with Crippen molar-refractivity contribution in [2.75, 3.05) is 59.7 Å². The lowest BCUT2D eigenvalue weighted by Gasteiger charge is -2.33. The number of hydrogen-bond donors (Lipinski definition) is 1. The van der Waals surface area contributed by atoms with E-state index in [2.05, 4.69) is 0 Å². The van der Waals surface area contributed by atoms with Gasteiger partial charge in [0.1, 0.15) is 5.75 Å². The Bertz CT molecular complexity index is 1150. The fourth-order valence-electron chi connectivity index (χ4n) is 4.20. The molecule has 2 atom stereocenters. The van der Waals surface area contributed by atoms with Crippen molar-refractivity contribution in [2.45, 2.75) is 23.5 Å². The lowest BCUT2D eigenvalue weighted by molar-refractivity contribution is -0.155. The molecule has 0 saturated carbocycles. The van der Waals surface area contributed by atoms with Gasteiger partial charge >= 0.3 is 0 Å². The molecule has 2 aliphatic rings. The molecular formula is C25H32N2O8S2. The highest BCUT2D eigenvalue weighted by Gasteiger charge is 2.32. The Morgan fingerprint density at radius 1 is 1.19 bits per heavy atom. The number of sulfonamides is 1. The van der Waals surface area contributed by atoms with Crippen LogP contribution in [0.2, 0.25) is 0 Å². The van der Waals surface area contributed by atoms with E-state index in [-0.39, 0.29) is 48.8 Å². The van der Waals surface area contributed by atoms with E-state index in [0.29, 0.717) is 38.5 Å². The number of morpholine rings is 1. The number of rotatable bonds is 11. The fraction of sp³-hybridized carbons (Fsp3) is 0.480. The molecule has 0 aliphatic carbocycles. The number of nitrogens with zero attached hydrogens (tertiary/aromatic N) is 2. The van der Waals surface area contributed by atoms with E-state index >= 15 is 0 Å². The Balaban J connectivity index is 1.42. The number of amides is 1. The normalized spacial score (nSPS) is 20.4. The number of carbonyl (C=O) groups excluding carboxylic acids is 1. The molecule has 0 unspecified atom stereocenters. The van der Waals surface area contributed by atoms with Crippen molar-refractivity contribution in [3.05, 3.63) is 58.5 Å². The second kappa shape index (κ2) is 12.9. The van der Waals surface area contributed by atoms with E-state index in [0.717, 1.165) is 5.56 Å². The number of hydrogen-bond acceptors (Lipinski definition) is 9. The fourth-order valence-corrected chi connectivity index (χ4v) is 6.34. The molecule has 0 spiro atoms. The van der Waals surface area contributed by atoms with Crippen molar-refractivity contribution >= 4 is 27.3 Å². The molecule has 1 aromatic carbocycles. The van der Waals surface area contributed by atoms with Crippen LogP contribution in [0.4, 0.5) is 0 Å². The molecule has 4 rings (SSSR count). The van der Waals surface area contributed by atoms with Crippen LogP contribution in [0.15, 0.2) is 57.8 Å². The van der Waals surface area contributed by atoms with Crippen LogP contribution in [-0.4, -0.2) is 94.6 Å². The Labute approximate surface area is 221 Å². The molecule has 1 fully saturated rings. The third kappa shape index (κ3) is 6.89. The molecule has 1 saturated heterocycles. The quantitative estimate of drug-likeness (QED) is 0.451. The maximum Gasteiger partial charge on any atom is 0.288 e. The molecule has 0 bridgehead atoms. The van der Waals surface area contributed by atoms with Crippen molar-refractivity contribution in [2.24, 2.45) is 0 Å². The van der Waals surface area contributed by atoms with Gasteiger partial charge in [0.05, 0.1) is 38.4 Å². The first-order valence-corrected chi connectivity index (χ1v) is 14.4. The maximum atomic E-state index is 13.1. The van der Waals surface area contributed by atoms with Gasteiger partial charge in [0, 0.05) is 38.5 Å². The van der Waals surface area contributed by atoms with Gasteiger partial charge in [-0.3, -0.25) is 4.79 Å². The average Bonchev–Trinajstić information content (AvgIpc) is 3.48. The molecule has 2 aromatic rings. The van der Waals surface area contributed by atoms with Gasteiger partial charge in [0.25, 0.3) is 5.91 Å². The number of carbonyl (C=O) groups is 1. The molecule has 10 nitrogen and oxygen atoms in total. The van der Waals surface area contributed by atoms with Crippen LogP contribution < -0.4 is 4.74 Å². The molecular weight excluding hydrogens is 520 g/mol. The summed E-state index contributed by atoms with van der Waals surface area (Å²) in [6.45, 7) is 1.56. The van der Waals surface area contributed by atoms with Crippen LogP contribution in [-0.2, 0) is 29.0 Å². The monoisotopic (exact) mass is 552 g/mol. The van der Waals surface area contributed by atoms with Gasteiger partial charge in [-0.05, 0) is 52.7 Å². The summed E-state index contributed by atoms with van der Waals surface area (Å²) in [4.78, 5) is 14.9. The summed E-state index contributed by atoms with van der Waals surface area (Å²) in [5.74, 6) is 0.496. The average molecular weight is 553 g/mol. The summed E-state index contributed by atoms with van der Waals surface area (Å²) in [6, 6.07) is 8.07. The molecule has 202 valence electrons. The Kier molecular flexibility index (Phi) is 9.57. The molecule has 1 aromatic heterocycles. The second-order valence-electron chi connectivity index (χ2n) is 8.56. The number of thiophene rings is 1. The number of methoxy groups -OCH3 is 1. The van der Waals surface area contributed by atoms with Crippen molar-refractivity contribution in [3.63, 3.8) is 0 Å². The summed E-state index contributed by atoms with van der Waals surface area (Å²) in [6.07, 6.45) is 1.60. The van der Waals surface area contributed by atoms with Crippen LogP contribution in [0, 0.1) is 0 Å². The highest BCUT2D eigenvalue weighted by Crippen LogP contribution is 2.33. The first-order valence-electron chi connectivity index (χ1n) is 12.1. The van der Waals surface area contributed by atoms with Crippen molar-refractivity contribution < 1.29 is 37.3 Å². The number of benzene rings is 1. The van der Waals surface area contributed by atoms with Crippen molar-refractivity contribution in [3.8, 4) is 5.75 Å². The minimum atomic E-state index is -3.86. The summed E-state index contributed by atoms with van der Waals surface area (Å²) < 4.78 is 49.8. The third-order valence-corrected chi connectivity index (χ3v) is 8.84. The maximum absolute atomic E-state index is 13.1.